The van der Waals surface area contributed by atoms with Gasteiger partial charge in [0.15, 0.2) is 0 Å². The molecular formula is C72H126N2Ni. The Labute approximate surface area is 481 Å². The number of benzene rings is 2. The van der Waals surface area contributed by atoms with Crippen LogP contribution in [0, 0.1) is 13.8 Å². The van der Waals surface area contributed by atoms with Gasteiger partial charge < -0.3 is 19.4 Å². The number of rotatable bonds is 47. The molecule has 75 heavy (non-hydrogen) atoms. The summed E-state index contributed by atoms with van der Waals surface area (Å²) < 4.78 is 1.56. The number of allylic oxidation sites excluding steroid dienone is 2. The van der Waals surface area contributed by atoms with Gasteiger partial charge in [0.2, 0.25) is 11.4 Å². The van der Waals surface area contributed by atoms with Crippen LogP contribution in [0.1, 0.15) is 358 Å². The Bertz CT molecular complexity index is 1540. The van der Waals surface area contributed by atoms with Gasteiger partial charge in [-0.3, -0.25) is 0 Å². The molecule has 0 atom stereocenters. The summed E-state index contributed by atoms with van der Waals surface area (Å²) in [6.07, 6.45) is 64.5. The minimum absolute atomic E-state index is 0. The molecule has 1 heterocycles. The molecule has 2 aromatic rings. The molecular weight excluding hydrogens is 951 g/mol. The van der Waals surface area contributed by atoms with Crippen molar-refractivity contribution in [2.75, 3.05) is 0 Å². The van der Waals surface area contributed by atoms with Crippen molar-refractivity contribution in [3.8, 4) is 0 Å². The Kier molecular flexibility index (Phi) is 52.6. The van der Waals surface area contributed by atoms with Crippen LogP contribution in [0.25, 0.3) is 16.9 Å². The van der Waals surface area contributed by atoms with Gasteiger partial charge in [0.05, 0.1) is 0 Å². The molecule has 0 bridgehead atoms. The second kappa shape index (κ2) is 54.0. The maximum Gasteiger partial charge on any atom is 2.00 e. The number of aryl methyl sites for hydroxylation is 4. The molecule has 2 aromatic carbocycles. The number of nitrogens with zero attached hydrogens (tertiary/aromatic N) is 2. The van der Waals surface area contributed by atoms with Gasteiger partial charge >= 0.3 is 16.5 Å². The first-order valence-corrected chi connectivity index (χ1v) is 33.2. The van der Waals surface area contributed by atoms with Gasteiger partial charge in [-0.15, -0.1) is 0 Å². The molecule has 0 radical (unpaired) electrons. The molecule has 1 aliphatic rings. The Balaban J connectivity index is 0.00000144. The monoisotopic (exact) mass is 1080 g/mol. The van der Waals surface area contributed by atoms with E-state index in [2.05, 4.69) is 105 Å². The third-order valence-corrected chi connectivity index (χ3v) is 15.5. The molecule has 0 aliphatic carbocycles. The normalized spacial score (nSPS) is 12.1. The minimum Gasteiger partial charge on any atom is -0.493 e. The van der Waals surface area contributed by atoms with E-state index >= 15 is 0 Å². The van der Waals surface area contributed by atoms with E-state index in [0.717, 1.165) is 69.2 Å². The van der Waals surface area contributed by atoms with Gasteiger partial charge in [-0.1, -0.05) is 285 Å². The zero-order valence-electron chi connectivity index (χ0n) is 51.4. The van der Waals surface area contributed by atoms with Crippen molar-refractivity contribution in [3.05, 3.63) is 101 Å². The van der Waals surface area contributed by atoms with Crippen molar-refractivity contribution in [2.24, 2.45) is 0 Å². The summed E-state index contributed by atoms with van der Waals surface area (Å²) in [6, 6.07) is 14.4. The van der Waals surface area contributed by atoms with Gasteiger partial charge in [0, 0.05) is 22.8 Å². The summed E-state index contributed by atoms with van der Waals surface area (Å²) in [5.41, 5.74) is 23.4. The average Bonchev–Trinajstić information content (AvgIpc) is 3.74. The zero-order valence-corrected chi connectivity index (χ0v) is 52.4. The summed E-state index contributed by atoms with van der Waals surface area (Å²) in [5, 5.41) is 0. The van der Waals surface area contributed by atoms with E-state index in [-0.39, 0.29) is 16.5 Å². The van der Waals surface area contributed by atoms with Crippen molar-refractivity contribution in [1.29, 1.82) is 0 Å². The fraction of sp³-hybridized carbons (Fsp3) is 0.750. The van der Waals surface area contributed by atoms with E-state index in [4.69, 9.17) is 0 Å². The van der Waals surface area contributed by atoms with Gasteiger partial charge in [-0.25, -0.2) is 4.70 Å². The fourth-order valence-electron chi connectivity index (χ4n) is 10.7. The zero-order chi connectivity index (χ0) is 54.0. The van der Waals surface area contributed by atoms with Crippen molar-refractivity contribution in [2.45, 2.75) is 350 Å². The van der Waals surface area contributed by atoms with E-state index in [9.17, 15) is 5.53 Å². The smallest absolute Gasteiger partial charge is 0.493 e. The SMILES string of the molecule is CCCCCCc1cc(CCCCCC)cc(C2=CC(CCCC)=C(c3cc(CCCCC)cc(CCCCC)c3)[N+]2=[N-])c1.[CH2-]CCCCCCCCCCCCCC.[CH2-]CCCCCCCCCCCCCC.[Ni+2]. The van der Waals surface area contributed by atoms with E-state index in [1.54, 1.807) is 4.70 Å². The summed E-state index contributed by atoms with van der Waals surface area (Å²) in [6.45, 7) is 23.7. The first kappa shape index (κ1) is 73.0. The molecule has 0 amide bonds. The third kappa shape index (κ3) is 38.3. The minimum atomic E-state index is 0. The maximum atomic E-state index is 12.0. The van der Waals surface area contributed by atoms with E-state index in [1.165, 1.54) is 283 Å². The van der Waals surface area contributed by atoms with Crippen LogP contribution in [-0.4, -0.2) is 4.70 Å². The van der Waals surface area contributed by atoms with Crippen LogP contribution >= 0.6 is 0 Å². The Morgan fingerprint density at radius 3 is 0.867 bits per heavy atom. The summed E-state index contributed by atoms with van der Waals surface area (Å²) >= 11 is 0. The first-order valence-electron chi connectivity index (χ1n) is 33.2. The molecule has 3 heteroatoms. The fourth-order valence-corrected chi connectivity index (χ4v) is 10.7. The van der Waals surface area contributed by atoms with Gasteiger partial charge in [0.1, 0.15) is 0 Å². The van der Waals surface area contributed by atoms with Crippen LogP contribution in [-0.2, 0) is 42.2 Å². The maximum absolute atomic E-state index is 12.0. The Hall–Kier alpha value is -1.99. The van der Waals surface area contributed by atoms with Gasteiger partial charge in [-0.05, 0) is 111 Å². The number of unbranched alkanes of at least 4 members (excludes halogenated alkanes) is 35. The molecule has 0 saturated carbocycles. The van der Waals surface area contributed by atoms with Gasteiger partial charge in [-0.2, -0.15) is 12.8 Å². The third-order valence-electron chi connectivity index (χ3n) is 15.5. The van der Waals surface area contributed by atoms with E-state index in [1.807, 2.05) is 0 Å². The molecule has 434 valence electrons. The molecule has 3 rings (SSSR count). The topological polar surface area (TPSA) is 25.3 Å². The predicted octanol–water partition coefficient (Wildman–Crippen LogP) is 25.2. The summed E-state index contributed by atoms with van der Waals surface area (Å²) in [7, 11) is 0. The van der Waals surface area contributed by atoms with Crippen LogP contribution in [0.2, 0.25) is 0 Å². The average molecular weight is 1080 g/mol. The van der Waals surface area contributed by atoms with Crippen molar-refractivity contribution in [3.63, 3.8) is 0 Å². The second-order valence-electron chi connectivity index (χ2n) is 22.9. The molecule has 0 N–H and O–H groups in total. The molecule has 2 nitrogen and oxygen atoms in total. The van der Waals surface area contributed by atoms with Crippen LogP contribution in [0.4, 0.5) is 0 Å². The number of hydrogen-bond donors (Lipinski definition) is 0. The summed E-state index contributed by atoms with van der Waals surface area (Å²) in [5.74, 6) is 0. The largest absolute Gasteiger partial charge is 2.00 e. The predicted molar refractivity (Wildman–Crippen MR) is 335 cm³/mol. The number of hydrogen-bond acceptors (Lipinski definition) is 0. The molecule has 0 fully saturated rings. The summed E-state index contributed by atoms with van der Waals surface area (Å²) in [4.78, 5) is 0. The van der Waals surface area contributed by atoms with Crippen molar-refractivity contribution < 1.29 is 21.2 Å². The van der Waals surface area contributed by atoms with Crippen LogP contribution < -0.4 is 0 Å². The molecule has 0 saturated heterocycles. The Morgan fingerprint density at radius 1 is 0.307 bits per heavy atom. The second-order valence-corrected chi connectivity index (χ2v) is 22.9. The Morgan fingerprint density at radius 2 is 0.560 bits per heavy atom. The van der Waals surface area contributed by atoms with Crippen molar-refractivity contribution in [1.82, 2.24) is 0 Å². The molecule has 0 unspecified atom stereocenters. The van der Waals surface area contributed by atoms with Crippen molar-refractivity contribution >= 4 is 11.4 Å². The van der Waals surface area contributed by atoms with E-state index in [0.29, 0.717) is 0 Å². The molecule has 1 aliphatic heterocycles. The van der Waals surface area contributed by atoms with Crippen LogP contribution in [0.3, 0.4) is 0 Å². The standard InChI is InChI=1S/C42H64N2.2C15H31.Ni/c1-6-11-16-20-24-34-27-35(25-21-17-12-7-2)30-39(29-34)41-33-38(26-15-10-5)42(44(41)43)40-31-36(22-18-13-8-3)28-37(32-40)23-19-14-9-4;2*1-3-5-7-9-11-13-15-14-12-10-8-6-4-2;/h27-33H,6-26H2,1-5H3;2*1,3-15H2,2H3;/q;2*-1;+2. The first-order chi connectivity index (χ1) is 36.4. The van der Waals surface area contributed by atoms with Gasteiger partial charge in [0.25, 0.3) is 0 Å². The van der Waals surface area contributed by atoms with Crippen LogP contribution in [0.5, 0.6) is 0 Å². The molecule has 0 aromatic heterocycles. The quantitative estimate of drug-likeness (QED) is 0.0273. The van der Waals surface area contributed by atoms with E-state index < -0.39 is 0 Å². The molecule has 0 spiro atoms. The van der Waals surface area contributed by atoms with Crippen LogP contribution in [0.15, 0.2) is 48.0 Å².